The number of methoxy groups -OCH3 is 1. The lowest BCUT2D eigenvalue weighted by Gasteiger charge is -2.33. The zero-order valence-corrected chi connectivity index (χ0v) is 8.83. The maximum atomic E-state index is 5.77. The molecule has 2 N–H and O–H groups in total. The summed E-state index contributed by atoms with van der Waals surface area (Å²) < 4.78 is 5.18. The van der Waals surface area contributed by atoms with Gasteiger partial charge >= 0.3 is 0 Å². The zero-order chi connectivity index (χ0) is 9.68. The van der Waals surface area contributed by atoms with Crippen LogP contribution in [0, 0.1) is 5.92 Å². The molecule has 78 valence electrons. The van der Waals surface area contributed by atoms with Crippen molar-refractivity contribution in [2.45, 2.75) is 25.8 Å². The minimum atomic E-state index is 0.293. The third kappa shape index (κ3) is 4.07. The van der Waals surface area contributed by atoms with Gasteiger partial charge in [-0.15, -0.1) is 0 Å². The molecule has 1 aliphatic rings. The topological polar surface area (TPSA) is 38.5 Å². The van der Waals surface area contributed by atoms with Crippen molar-refractivity contribution in [2.24, 2.45) is 11.7 Å². The molecule has 0 aromatic rings. The van der Waals surface area contributed by atoms with Crippen LogP contribution in [0.3, 0.4) is 0 Å². The molecule has 3 heteroatoms. The van der Waals surface area contributed by atoms with E-state index in [1.807, 2.05) is 0 Å². The van der Waals surface area contributed by atoms with Gasteiger partial charge < -0.3 is 15.4 Å². The molecular formula is C10H22N2O. The fraction of sp³-hybridized carbons (Fsp3) is 1.00. The molecule has 0 amide bonds. The van der Waals surface area contributed by atoms with Crippen LogP contribution in [-0.4, -0.2) is 44.3 Å². The zero-order valence-electron chi connectivity index (χ0n) is 8.83. The fourth-order valence-electron chi connectivity index (χ4n) is 2.10. The molecule has 0 saturated carbocycles. The maximum Gasteiger partial charge on any atom is 0.0502 e. The number of likely N-dealkylation sites (tertiary alicyclic amines) is 1. The third-order valence-electron chi connectivity index (χ3n) is 2.55. The molecule has 3 nitrogen and oxygen atoms in total. The molecule has 0 spiro atoms. The van der Waals surface area contributed by atoms with E-state index >= 15 is 0 Å². The highest BCUT2D eigenvalue weighted by Gasteiger charge is 2.19. The van der Waals surface area contributed by atoms with Crippen molar-refractivity contribution >= 4 is 0 Å². The molecule has 0 aliphatic carbocycles. The van der Waals surface area contributed by atoms with Crippen molar-refractivity contribution in [1.82, 2.24) is 4.90 Å². The van der Waals surface area contributed by atoms with Crippen LogP contribution < -0.4 is 5.73 Å². The molecule has 13 heavy (non-hydrogen) atoms. The summed E-state index contributed by atoms with van der Waals surface area (Å²) in [7, 11) is 1.78. The van der Waals surface area contributed by atoms with Gasteiger partial charge in [0.05, 0.1) is 6.61 Å². The summed E-state index contributed by atoms with van der Waals surface area (Å²) in [6, 6.07) is 0.293. The molecule has 1 rings (SSSR count). The number of hydrogen-bond donors (Lipinski definition) is 1. The first-order valence-electron chi connectivity index (χ1n) is 5.19. The van der Waals surface area contributed by atoms with E-state index in [2.05, 4.69) is 11.8 Å². The summed E-state index contributed by atoms with van der Waals surface area (Å²) in [5.74, 6) is 0.720. The van der Waals surface area contributed by atoms with Gasteiger partial charge in [0, 0.05) is 26.2 Å². The van der Waals surface area contributed by atoms with Gasteiger partial charge in [0.15, 0.2) is 0 Å². The van der Waals surface area contributed by atoms with Gasteiger partial charge in [-0.05, 0) is 32.2 Å². The Morgan fingerprint density at radius 3 is 3.00 bits per heavy atom. The summed E-state index contributed by atoms with van der Waals surface area (Å²) in [5.41, 5.74) is 5.77. The van der Waals surface area contributed by atoms with Crippen LogP contribution in [0.15, 0.2) is 0 Å². The van der Waals surface area contributed by atoms with Crippen LogP contribution in [0.25, 0.3) is 0 Å². The number of hydrogen-bond acceptors (Lipinski definition) is 3. The summed E-state index contributed by atoms with van der Waals surface area (Å²) in [5, 5.41) is 0. The summed E-state index contributed by atoms with van der Waals surface area (Å²) in [6.45, 7) is 6.37. The first kappa shape index (κ1) is 11.0. The Bertz CT molecular complexity index is 137. The Kier molecular flexibility index (Phi) is 4.70. The molecule has 0 bridgehead atoms. The fourth-order valence-corrected chi connectivity index (χ4v) is 2.10. The minimum absolute atomic E-state index is 0.293. The quantitative estimate of drug-likeness (QED) is 0.702. The highest BCUT2D eigenvalue weighted by atomic mass is 16.5. The van der Waals surface area contributed by atoms with E-state index in [9.17, 15) is 0 Å². The molecular weight excluding hydrogens is 164 g/mol. The predicted molar refractivity (Wildman–Crippen MR) is 54.7 cm³/mol. The van der Waals surface area contributed by atoms with Crippen molar-refractivity contribution in [2.75, 3.05) is 33.4 Å². The van der Waals surface area contributed by atoms with Crippen LogP contribution in [0.4, 0.5) is 0 Å². The van der Waals surface area contributed by atoms with Crippen molar-refractivity contribution < 1.29 is 4.74 Å². The van der Waals surface area contributed by atoms with Crippen molar-refractivity contribution in [3.63, 3.8) is 0 Å². The van der Waals surface area contributed by atoms with Gasteiger partial charge in [0.1, 0.15) is 0 Å². The molecule has 1 heterocycles. The van der Waals surface area contributed by atoms with E-state index in [4.69, 9.17) is 10.5 Å². The van der Waals surface area contributed by atoms with Crippen molar-refractivity contribution in [3.05, 3.63) is 0 Å². The summed E-state index contributed by atoms with van der Waals surface area (Å²) in [4.78, 5) is 2.46. The Balaban J connectivity index is 2.24. The van der Waals surface area contributed by atoms with Gasteiger partial charge in [-0.2, -0.15) is 0 Å². The Morgan fingerprint density at radius 1 is 1.62 bits per heavy atom. The molecule has 1 saturated heterocycles. The van der Waals surface area contributed by atoms with Crippen molar-refractivity contribution in [1.29, 1.82) is 0 Å². The third-order valence-corrected chi connectivity index (χ3v) is 2.55. The molecule has 2 atom stereocenters. The second-order valence-corrected chi connectivity index (χ2v) is 4.20. The van der Waals surface area contributed by atoms with Crippen LogP contribution in [0.2, 0.25) is 0 Å². The average Bonchev–Trinajstić information content (AvgIpc) is 2.04. The average molecular weight is 186 g/mol. The predicted octanol–water partition coefficient (Wildman–Crippen LogP) is 0.692. The maximum absolute atomic E-state index is 5.77. The largest absolute Gasteiger partial charge is 0.384 e. The second-order valence-electron chi connectivity index (χ2n) is 4.20. The minimum Gasteiger partial charge on any atom is -0.384 e. The normalized spacial score (nSPS) is 27.5. The van der Waals surface area contributed by atoms with E-state index < -0.39 is 0 Å². The van der Waals surface area contributed by atoms with E-state index in [1.54, 1.807) is 7.11 Å². The highest BCUT2D eigenvalue weighted by molar-refractivity contribution is 4.74. The van der Waals surface area contributed by atoms with Gasteiger partial charge in [-0.1, -0.05) is 0 Å². The SMILES string of the molecule is COCC1CCCN(C[C@H](C)N)C1. The summed E-state index contributed by atoms with van der Waals surface area (Å²) in [6.07, 6.45) is 2.60. The monoisotopic (exact) mass is 186 g/mol. The lowest BCUT2D eigenvalue weighted by Crippen LogP contribution is -2.42. The van der Waals surface area contributed by atoms with E-state index in [0.717, 1.165) is 25.6 Å². The molecule has 0 aromatic heterocycles. The van der Waals surface area contributed by atoms with E-state index in [-0.39, 0.29) is 0 Å². The highest BCUT2D eigenvalue weighted by Crippen LogP contribution is 2.16. The number of nitrogens with two attached hydrogens (primary N) is 1. The first-order valence-corrected chi connectivity index (χ1v) is 5.19. The molecule has 1 unspecified atom stereocenters. The Labute approximate surface area is 81.2 Å². The van der Waals surface area contributed by atoms with Crippen LogP contribution in [-0.2, 0) is 4.74 Å². The lowest BCUT2D eigenvalue weighted by molar-refractivity contribution is 0.0886. The smallest absolute Gasteiger partial charge is 0.0502 e. The Morgan fingerprint density at radius 2 is 2.38 bits per heavy atom. The van der Waals surface area contributed by atoms with Gasteiger partial charge in [0.2, 0.25) is 0 Å². The second kappa shape index (κ2) is 5.58. The Hall–Kier alpha value is -0.120. The number of nitrogens with zero attached hydrogens (tertiary/aromatic N) is 1. The first-order chi connectivity index (χ1) is 6.22. The molecule has 0 aromatic carbocycles. The van der Waals surface area contributed by atoms with Crippen LogP contribution in [0.1, 0.15) is 19.8 Å². The van der Waals surface area contributed by atoms with E-state index in [1.165, 1.54) is 19.4 Å². The summed E-state index contributed by atoms with van der Waals surface area (Å²) >= 11 is 0. The molecule has 0 radical (unpaired) electrons. The number of ether oxygens (including phenoxy) is 1. The standard InChI is InChI=1S/C10H22N2O/c1-9(11)6-12-5-3-4-10(7-12)8-13-2/h9-10H,3-8,11H2,1-2H3/t9-,10?/m0/s1. The number of rotatable bonds is 4. The number of piperidine rings is 1. The van der Waals surface area contributed by atoms with Gasteiger partial charge in [-0.3, -0.25) is 0 Å². The van der Waals surface area contributed by atoms with Crippen LogP contribution >= 0.6 is 0 Å². The molecule has 1 fully saturated rings. The van der Waals surface area contributed by atoms with Crippen LogP contribution in [0.5, 0.6) is 0 Å². The van der Waals surface area contributed by atoms with Gasteiger partial charge in [0.25, 0.3) is 0 Å². The van der Waals surface area contributed by atoms with Crippen molar-refractivity contribution in [3.8, 4) is 0 Å². The molecule has 1 aliphatic heterocycles. The van der Waals surface area contributed by atoms with E-state index in [0.29, 0.717) is 6.04 Å². The van der Waals surface area contributed by atoms with Gasteiger partial charge in [-0.25, -0.2) is 0 Å². The lowest BCUT2D eigenvalue weighted by atomic mass is 9.99.